The molecule has 1 unspecified atom stereocenters. The van der Waals surface area contributed by atoms with Crippen LogP contribution in [0.3, 0.4) is 0 Å². The minimum Gasteiger partial charge on any atom is -0.311 e. The van der Waals surface area contributed by atoms with Gasteiger partial charge in [0.2, 0.25) is 0 Å². The van der Waals surface area contributed by atoms with E-state index >= 15 is 0 Å². The van der Waals surface area contributed by atoms with Gasteiger partial charge in [0.1, 0.15) is 5.66 Å². The number of carbonyl (C=O) groups is 2. The van der Waals surface area contributed by atoms with E-state index in [4.69, 9.17) is 0 Å². The van der Waals surface area contributed by atoms with E-state index in [1.54, 1.807) is 29.2 Å². The van der Waals surface area contributed by atoms with E-state index in [1.165, 1.54) is 0 Å². The second-order valence-electron chi connectivity index (χ2n) is 6.95. The van der Waals surface area contributed by atoms with Crippen molar-refractivity contribution >= 4 is 29.5 Å². The van der Waals surface area contributed by atoms with Crippen molar-refractivity contribution in [2.24, 2.45) is 0 Å². The van der Waals surface area contributed by atoms with E-state index in [1.807, 2.05) is 85.8 Å². The summed E-state index contributed by atoms with van der Waals surface area (Å²) in [4.78, 5) is 29.2. The summed E-state index contributed by atoms with van der Waals surface area (Å²) in [6.07, 6.45) is 3.75. The van der Waals surface area contributed by atoms with Crippen molar-refractivity contribution < 1.29 is 9.59 Å². The summed E-state index contributed by atoms with van der Waals surface area (Å²) in [7, 11) is 0. The number of rotatable bonds is 4. The number of para-hydroxylation sites is 2. The molecule has 1 saturated heterocycles. The van der Waals surface area contributed by atoms with Crippen LogP contribution in [-0.4, -0.2) is 17.7 Å². The highest BCUT2D eigenvalue weighted by Gasteiger charge is 2.46. The number of nitrogens with one attached hydrogen (secondary N) is 1. The van der Waals surface area contributed by atoms with Crippen LogP contribution in [0.5, 0.6) is 0 Å². The van der Waals surface area contributed by atoms with Gasteiger partial charge in [-0.25, -0.2) is 14.5 Å². The Morgan fingerprint density at radius 1 is 0.759 bits per heavy atom. The molecule has 1 N–H and O–H groups in total. The first kappa shape index (κ1) is 18.5. The van der Waals surface area contributed by atoms with Crippen LogP contribution in [0.25, 0.3) is 6.08 Å². The monoisotopic (exact) mass is 383 g/mol. The predicted octanol–water partition coefficient (Wildman–Crippen LogP) is 5.27. The smallest absolute Gasteiger partial charge is 0.311 e. The quantitative estimate of drug-likeness (QED) is 0.667. The van der Waals surface area contributed by atoms with Gasteiger partial charge in [0.25, 0.3) is 0 Å². The maximum atomic E-state index is 13.5. The molecule has 4 amide bonds. The number of anilines is 2. The normalized spacial score (nSPS) is 19.5. The molecule has 1 aliphatic heterocycles. The van der Waals surface area contributed by atoms with E-state index < -0.39 is 17.7 Å². The third-order valence-corrected chi connectivity index (χ3v) is 4.84. The van der Waals surface area contributed by atoms with Crippen molar-refractivity contribution in [3.63, 3.8) is 0 Å². The van der Waals surface area contributed by atoms with E-state index in [2.05, 4.69) is 5.32 Å². The van der Waals surface area contributed by atoms with Gasteiger partial charge in [0.05, 0.1) is 5.69 Å². The molecule has 0 radical (unpaired) electrons. The van der Waals surface area contributed by atoms with Gasteiger partial charge in [0.15, 0.2) is 0 Å². The van der Waals surface area contributed by atoms with E-state index in [-0.39, 0.29) is 0 Å². The van der Waals surface area contributed by atoms with Crippen LogP contribution in [-0.2, 0) is 0 Å². The molecule has 0 bridgehead atoms. The summed E-state index contributed by atoms with van der Waals surface area (Å²) >= 11 is 0. The molecule has 0 aromatic heterocycles. The van der Waals surface area contributed by atoms with Crippen LogP contribution in [0.15, 0.2) is 97.1 Å². The first-order valence-corrected chi connectivity index (χ1v) is 9.39. The Bertz CT molecular complexity index is 1040. The van der Waals surface area contributed by atoms with Crippen LogP contribution in [0, 0.1) is 0 Å². The third kappa shape index (κ3) is 3.62. The lowest BCUT2D eigenvalue weighted by molar-refractivity contribution is 0.218. The number of benzene rings is 3. The van der Waals surface area contributed by atoms with Crippen LogP contribution >= 0.6 is 0 Å². The molecule has 0 aliphatic carbocycles. The maximum absolute atomic E-state index is 13.5. The minimum atomic E-state index is -1.03. The average molecular weight is 383 g/mol. The summed E-state index contributed by atoms with van der Waals surface area (Å²) < 4.78 is 0. The minimum absolute atomic E-state index is 0.411. The van der Waals surface area contributed by atoms with Crippen LogP contribution in [0.4, 0.5) is 21.0 Å². The van der Waals surface area contributed by atoms with Crippen molar-refractivity contribution in [1.29, 1.82) is 0 Å². The average Bonchev–Trinajstić information content (AvgIpc) is 2.74. The molecule has 5 heteroatoms. The highest BCUT2D eigenvalue weighted by Crippen LogP contribution is 2.31. The van der Waals surface area contributed by atoms with Crippen molar-refractivity contribution in [1.82, 2.24) is 5.32 Å². The van der Waals surface area contributed by atoms with Gasteiger partial charge >= 0.3 is 12.1 Å². The standard InChI is InChI=1S/C24H21N3O2/c1-24(18-17-19-11-5-2-6-12-19)25-22(28)26(20-13-7-3-8-14-20)23(29)27(24)21-15-9-4-10-16-21/h2-18H,1H3,(H,25,28)/b18-17+. The first-order valence-electron chi connectivity index (χ1n) is 9.39. The zero-order valence-corrected chi connectivity index (χ0v) is 16.0. The molecular formula is C24H21N3O2. The lowest BCUT2D eigenvalue weighted by atomic mass is 10.0. The van der Waals surface area contributed by atoms with Crippen LogP contribution < -0.4 is 15.1 Å². The lowest BCUT2D eigenvalue weighted by Crippen LogP contribution is -2.71. The second-order valence-corrected chi connectivity index (χ2v) is 6.95. The summed E-state index contributed by atoms with van der Waals surface area (Å²) in [6, 6.07) is 27.1. The highest BCUT2D eigenvalue weighted by atomic mass is 16.2. The molecule has 3 aromatic rings. The largest absolute Gasteiger partial charge is 0.339 e. The van der Waals surface area contributed by atoms with Gasteiger partial charge in [0, 0.05) is 5.69 Å². The fraction of sp³-hybridized carbons (Fsp3) is 0.0833. The Labute approximate surface area is 169 Å². The van der Waals surface area contributed by atoms with Gasteiger partial charge in [-0.3, -0.25) is 4.90 Å². The number of amides is 4. The molecule has 1 fully saturated rings. The molecule has 0 saturated carbocycles. The lowest BCUT2D eigenvalue weighted by Gasteiger charge is -2.46. The Kier molecular flexibility index (Phi) is 4.87. The molecule has 5 nitrogen and oxygen atoms in total. The summed E-state index contributed by atoms with van der Waals surface area (Å²) in [5, 5.41) is 3.00. The van der Waals surface area contributed by atoms with E-state index in [0.29, 0.717) is 11.4 Å². The molecule has 144 valence electrons. The number of carbonyl (C=O) groups excluding carboxylic acids is 2. The highest BCUT2D eigenvalue weighted by molar-refractivity contribution is 6.22. The molecule has 3 aromatic carbocycles. The second kappa shape index (κ2) is 7.64. The molecule has 4 rings (SSSR count). The van der Waals surface area contributed by atoms with Crippen LogP contribution in [0.2, 0.25) is 0 Å². The van der Waals surface area contributed by atoms with Gasteiger partial charge in [-0.05, 0) is 42.8 Å². The Morgan fingerprint density at radius 2 is 1.28 bits per heavy atom. The topological polar surface area (TPSA) is 52.7 Å². The van der Waals surface area contributed by atoms with Gasteiger partial charge in [-0.2, -0.15) is 0 Å². The molecule has 1 aliphatic rings. The SMILES string of the molecule is CC1(/C=C/c2ccccc2)NC(=O)N(c2ccccc2)C(=O)N1c1ccccc1. The fourth-order valence-electron chi connectivity index (χ4n) is 3.41. The van der Waals surface area contributed by atoms with E-state index in [9.17, 15) is 9.59 Å². The summed E-state index contributed by atoms with van der Waals surface area (Å²) in [5.41, 5.74) is 1.16. The van der Waals surface area contributed by atoms with Crippen LogP contribution in [0.1, 0.15) is 12.5 Å². The molecule has 29 heavy (non-hydrogen) atoms. The Morgan fingerprint density at radius 3 is 1.86 bits per heavy atom. The van der Waals surface area contributed by atoms with Crippen molar-refractivity contribution in [3.8, 4) is 0 Å². The van der Waals surface area contributed by atoms with E-state index in [0.717, 1.165) is 10.5 Å². The zero-order valence-electron chi connectivity index (χ0n) is 16.0. The third-order valence-electron chi connectivity index (χ3n) is 4.84. The number of hydrogen-bond acceptors (Lipinski definition) is 2. The first-order chi connectivity index (χ1) is 14.1. The van der Waals surface area contributed by atoms with Gasteiger partial charge < -0.3 is 5.32 Å². The Balaban J connectivity index is 1.78. The van der Waals surface area contributed by atoms with Crippen molar-refractivity contribution in [3.05, 3.63) is 103 Å². The number of nitrogens with zero attached hydrogens (tertiary/aromatic N) is 2. The molecule has 1 heterocycles. The predicted molar refractivity (Wildman–Crippen MR) is 116 cm³/mol. The number of imide groups is 1. The van der Waals surface area contributed by atoms with Crippen molar-refractivity contribution in [2.75, 3.05) is 9.80 Å². The van der Waals surface area contributed by atoms with Gasteiger partial charge in [-0.1, -0.05) is 72.8 Å². The number of urea groups is 2. The summed E-state index contributed by atoms with van der Waals surface area (Å²) in [6.45, 7) is 1.82. The zero-order chi connectivity index (χ0) is 20.3. The van der Waals surface area contributed by atoms with Crippen molar-refractivity contribution in [2.45, 2.75) is 12.6 Å². The fourth-order valence-corrected chi connectivity index (χ4v) is 3.41. The maximum Gasteiger partial charge on any atom is 0.339 e. The molecule has 0 spiro atoms. The molecular weight excluding hydrogens is 362 g/mol. The molecule has 1 atom stereocenters. The van der Waals surface area contributed by atoms with Gasteiger partial charge in [-0.15, -0.1) is 0 Å². The number of hydrogen-bond donors (Lipinski definition) is 1. The Hall–Kier alpha value is -3.86. The summed E-state index contributed by atoms with van der Waals surface area (Å²) in [5.74, 6) is 0.